The first-order chi connectivity index (χ1) is 13.6. The minimum atomic E-state index is -3.54. The molecule has 0 aliphatic carbocycles. The number of hydrogen-bond donors (Lipinski definition) is 1. The number of rotatable bonds is 4. The first kappa shape index (κ1) is 24.8. The highest BCUT2D eigenvalue weighted by Gasteiger charge is 2.13. The van der Waals surface area contributed by atoms with Crippen LogP contribution in [0.1, 0.15) is 13.8 Å². The average molecular weight is 400 g/mol. The maximum atomic E-state index is 12.2. The molecule has 5 nitrogen and oxygen atoms in total. The van der Waals surface area contributed by atoms with Crippen LogP contribution in [0.25, 0.3) is 11.1 Å². The van der Waals surface area contributed by atoms with Crippen LogP contribution < -0.4 is 4.72 Å². The number of anilines is 1. The van der Waals surface area contributed by atoms with E-state index >= 15 is 0 Å². The normalized spacial score (nSPS) is 9.21. The molecule has 0 fully saturated rings. The van der Waals surface area contributed by atoms with E-state index in [1.54, 1.807) is 42.5 Å². The second-order valence-electron chi connectivity index (χ2n) is 4.86. The molecule has 0 amide bonds. The minimum Gasteiger partial charge on any atom is -0.307 e. The van der Waals surface area contributed by atoms with Gasteiger partial charge in [0.05, 0.1) is 4.90 Å². The number of carbonyl (C=O) groups excluding carboxylic acids is 2. The molecule has 3 rings (SSSR count). The standard InChI is InChI=1S/C18H15NO2S.C2H6.2CH2O/c20-22(21,18-9-5-2-6-10-18)19-17-13-11-16(12-14-17)15-7-3-1-4-8-15;3*1-2/h1-14,19H;1-2H3;2*1H2. The zero-order valence-corrected chi connectivity index (χ0v) is 16.9. The lowest BCUT2D eigenvalue weighted by Gasteiger charge is -2.09. The van der Waals surface area contributed by atoms with Gasteiger partial charge in [0.1, 0.15) is 13.6 Å². The van der Waals surface area contributed by atoms with Gasteiger partial charge < -0.3 is 9.59 Å². The Hall–Kier alpha value is -3.25. The fourth-order valence-electron chi connectivity index (χ4n) is 2.18. The van der Waals surface area contributed by atoms with Crippen molar-refractivity contribution in [3.8, 4) is 11.1 Å². The summed E-state index contributed by atoms with van der Waals surface area (Å²) in [5, 5.41) is 0. The van der Waals surface area contributed by atoms with E-state index in [2.05, 4.69) is 4.72 Å². The fraction of sp³-hybridized carbons (Fsp3) is 0.0909. The first-order valence-electron chi connectivity index (χ1n) is 8.46. The third-order valence-electron chi connectivity index (χ3n) is 3.30. The Bertz CT molecular complexity index is 879. The van der Waals surface area contributed by atoms with Crippen molar-refractivity contribution >= 4 is 29.3 Å². The number of sulfonamides is 1. The second kappa shape index (κ2) is 13.9. The molecule has 0 unspecified atom stereocenters. The highest BCUT2D eigenvalue weighted by molar-refractivity contribution is 7.92. The summed E-state index contributed by atoms with van der Waals surface area (Å²) in [4.78, 5) is 16.3. The average Bonchev–Trinajstić information content (AvgIpc) is 2.79. The molecule has 0 aliphatic rings. The van der Waals surface area contributed by atoms with Crippen molar-refractivity contribution in [2.75, 3.05) is 4.72 Å². The number of benzene rings is 3. The van der Waals surface area contributed by atoms with Gasteiger partial charge in [0.2, 0.25) is 0 Å². The highest BCUT2D eigenvalue weighted by Crippen LogP contribution is 2.22. The number of hydrogen-bond acceptors (Lipinski definition) is 4. The van der Waals surface area contributed by atoms with Gasteiger partial charge in [-0.2, -0.15) is 0 Å². The van der Waals surface area contributed by atoms with Gasteiger partial charge in [-0.25, -0.2) is 8.42 Å². The molecule has 0 radical (unpaired) electrons. The summed E-state index contributed by atoms with van der Waals surface area (Å²) >= 11 is 0. The van der Waals surface area contributed by atoms with E-state index in [4.69, 9.17) is 9.59 Å². The summed E-state index contributed by atoms with van der Waals surface area (Å²) in [5.41, 5.74) is 2.69. The quantitative estimate of drug-likeness (QED) is 0.683. The van der Waals surface area contributed by atoms with E-state index in [1.165, 1.54) is 0 Å². The Morgan fingerprint density at radius 3 is 1.46 bits per heavy atom. The Morgan fingerprint density at radius 1 is 0.607 bits per heavy atom. The number of nitrogens with one attached hydrogen (secondary N) is 1. The van der Waals surface area contributed by atoms with E-state index < -0.39 is 10.0 Å². The van der Waals surface area contributed by atoms with Crippen molar-refractivity contribution in [1.82, 2.24) is 0 Å². The van der Waals surface area contributed by atoms with Crippen LogP contribution in [-0.2, 0) is 19.6 Å². The molecule has 0 atom stereocenters. The molecule has 1 N–H and O–H groups in total. The van der Waals surface area contributed by atoms with Gasteiger partial charge in [0.25, 0.3) is 10.0 Å². The maximum absolute atomic E-state index is 12.2. The molecular weight excluding hydrogens is 374 g/mol. The van der Waals surface area contributed by atoms with E-state index in [1.807, 2.05) is 69.9 Å². The molecule has 0 spiro atoms. The van der Waals surface area contributed by atoms with Crippen LogP contribution in [0, 0.1) is 0 Å². The van der Waals surface area contributed by atoms with Crippen LogP contribution in [0.2, 0.25) is 0 Å². The molecule has 28 heavy (non-hydrogen) atoms. The van der Waals surface area contributed by atoms with Crippen LogP contribution in [0.4, 0.5) is 5.69 Å². The molecule has 0 aromatic heterocycles. The van der Waals surface area contributed by atoms with Crippen LogP contribution in [-0.4, -0.2) is 22.0 Å². The van der Waals surface area contributed by atoms with Gasteiger partial charge in [0.15, 0.2) is 0 Å². The molecule has 0 saturated carbocycles. The molecule has 0 saturated heterocycles. The first-order valence-corrected chi connectivity index (χ1v) is 9.94. The zero-order valence-electron chi connectivity index (χ0n) is 16.0. The molecule has 148 valence electrons. The van der Waals surface area contributed by atoms with Crippen molar-refractivity contribution in [2.45, 2.75) is 18.7 Å². The summed E-state index contributed by atoms with van der Waals surface area (Å²) in [7, 11) is -3.54. The highest BCUT2D eigenvalue weighted by atomic mass is 32.2. The van der Waals surface area contributed by atoms with Crippen LogP contribution in [0.5, 0.6) is 0 Å². The third-order valence-corrected chi connectivity index (χ3v) is 4.69. The minimum absolute atomic E-state index is 0.252. The summed E-state index contributed by atoms with van der Waals surface area (Å²) in [6.07, 6.45) is 0. The molecule has 3 aromatic carbocycles. The summed E-state index contributed by atoms with van der Waals surface area (Å²) < 4.78 is 27.1. The lowest BCUT2D eigenvalue weighted by molar-refractivity contribution is -0.0987. The van der Waals surface area contributed by atoms with Crippen molar-refractivity contribution in [1.29, 1.82) is 0 Å². The van der Waals surface area contributed by atoms with E-state index in [9.17, 15) is 8.42 Å². The molecular formula is C22H25NO4S. The Kier molecular flexibility index (Phi) is 12.3. The lowest BCUT2D eigenvalue weighted by Crippen LogP contribution is -2.12. The molecule has 0 bridgehead atoms. The van der Waals surface area contributed by atoms with Gasteiger partial charge in [-0.05, 0) is 35.4 Å². The topological polar surface area (TPSA) is 80.3 Å². The Balaban J connectivity index is 0.00000111. The van der Waals surface area contributed by atoms with Crippen LogP contribution in [0.15, 0.2) is 89.8 Å². The molecule has 3 aromatic rings. The zero-order chi connectivity index (χ0) is 21.4. The Labute approximate surface area is 167 Å². The molecule has 6 heteroatoms. The van der Waals surface area contributed by atoms with Gasteiger partial charge in [-0.3, -0.25) is 4.72 Å². The lowest BCUT2D eigenvalue weighted by atomic mass is 10.1. The van der Waals surface area contributed by atoms with Gasteiger partial charge >= 0.3 is 0 Å². The van der Waals surface area contributed by atoms with Gasteiger partial charge in [-0.15, -0.1) is 0 Å². The van der Waals surface area contributed by atoms with Crippen molar-refractivity contribution in [2.24, 2.45) is 0 Å². The second-order valence-corrected chi connectivity index (χ2v) is 6.54. The Morgan fingerprint density at radius 2 is 1.00 bits per heavy atom. The monoisotopic (exact) mass is 399 g/mol. The molecule has 0 aliphatic heterocycles. The fourth-order valence-corrected chi connectivity index (χ4v) is 3.25. The van der Waals surface area contributed by atoms with Crippen molar-refractivity contribution < 1.29 is 18.0 Å². The summed E-state index contributed by atoms with van der Waals surface area (Å²) in [5.74, 6) is 0. The smallest absolute Gasteiger partial charge is 0.261 e. The predicted molar refractivity (Wildman–Crippen MR) is 115 cm³/mol. The summed E-state index contributed by atoms with van der Waals surface area (Å²) in [6.45, 7) is 8.00. The third kappa shape index (κ3) is 7.55. The molecule has 0 heterocycles. The SMILES string of the molecule is C=O.C=O.CC.O=S(=O)(Nc1ccc(-c2ccccc2)cc1)c1ccccc1. The van der Waals surface area contributed by atoms with E-state index in [0.717, 1.165) is 11.1 Å². The van der Waals surface area contributed by atoms with Crippen molar-refractivity contribution in [3.63, 3.8) is 0 Å². The van der Waals surface area contributed by atoms with E-state index in [-0.39, 0.29) is 4.90 Å². The number of carbonyl (C=O) groups is 2. The van der Waals surface area contributed by atoms with Gasteiger partial charge in [-0.1, -0.05) is 74.5 Å². The maximum Gasteiger partial charge on any atom is 0.261 e. The van der Waals surface area contributed by atoms with Crippen molar-refractivity contribution in [3.05, 3.63) is 84.9 Å². The van der Waals surface area contributed by atoms with Crippen LogP contribution in [0.3, 0.4) is 0 Å². The largest absolute Gasteiger partial charge is 0.307 e. The predicted octanol–water partition coefficient (Wildman–Crippen LogP) is 4.81. The van der Waals surface area contributed by atoms with Gasteiger partial charge in [0, 0.05) is 5.69 Å². The van der Waals surface area contributed by atoms with Crippen LogP contribution >= 0.6 is 0 Å². The van der Waals surface area contributed by atoms with E-state index in [0.29, 0.717) is 5.69 Å². The summed E-state index contributed by atoms with van der Waals surface area (Å²) in [6, 6.07) is 25.6.